The summed E-state index contributed by atoms with van der Waals surface area (Å²) in [6.07, 6.45) is 0.850. The number of benzene rings is 1. The third-order valence-electron chi connectivity index (χ3n) is 3.03. The van der Waals surface area contributed by atoms with Gasteiger partial charge in [-0.15, -0.1) is 11.3 Å². The molecule has 1 heterocycles. The van der Waals surface area contributed by atoms with E-state index in [4.69, 9.17) is 0 Å². The van der Waals surface area contributed by atoms with Gasteiger partial charge in [0.15, 0.2) is 15.6 Å². The predicted molar refractivity (Wildman–Crippen MR) is 81.3 cm³/mol. The van der Waals surface area contributed by atoms with Gasteiger partial charge in [0.05, 0.1) is 9.77 Å². The molecule has 0 aliphatic carbocycles. The van der Waals surface area contributed by atoms with Gasteiger partial charge < -0.3 is 0 Å². The molecule has 5 heteroatoms. The first-order valence-electron chi connectivity index (χ1n) is 6.34. The van der Waals surface area contributed by atoms with Crippen molar-refractivity contribution in [2.75, 3.05) is 5.75 Å². The molecule has 2 rings (SSSR count). The molecule has 0 saturated heterocycles. The van der Waals surface area contributed by atoms with Crippen LogP contribution in [-0.4, -0.2) is 20.0 Å². The number of thiophene rings is 1. The van der Waals surface area contributed by atoms with E-state index >= 15 is 0 Å². The van der Waals surface area contributed by atoms with Gasteiger partial charge in [-0.05, 0) is 37.1 Å². The molecule has 0 fully saturated rings. The Morgan fingerprint density at radius 1 is 1.15 bits per heavy atom. The van der Waals surface area contributed by atoms with E-state index in [1.54, 1.807) is 37.3 Å². The van der Waals surface area contributed by atoms with Crippen molar-refractivity contribution in [2.24, 2.45) is 0 Å². The fraction of sp³-hybridized carbons (Fsp3) is 0.267. The minimum absolute atomic E-state index is 0.237. The lowest BCUT2D eigenvalue weighted by Gasteiger charge is -2.06. The SMILES string of the molecule is CCc1ccc(C(=O)CS(=O)(=O)c2ccccc2C)s1. The van der Waals surface area contributed by atoms with Crippen molar-refractivity contribution in [3.8, 4) is 0 Å². The second kappa shape index (κ2) is 5.89. The lowest BCUT2D eigenvalue weighted by molar-refractivity contribution is 0.102. The van der Waals surface area contributed by atoms with Crippen LogP contribution in [0.3, 0.4) is 0 Å². The van der Waals surface area contributed by atoms with Gasteiger partial charge in [0.25, 0.3) is 0 Å². The van der Waals surface area contributed by atoms with E-state index in [1.807, 2.05) is 13.0 Å². The van der Waals surface area contributed by atoms with Crippen LogP contribution in [0.1, 0.15) is 27.0 Å². The molecule has 0 spiro atoms. The number of carbonyl (C=O) groups excluding carboxylic acids is 1. The van der Waals surface area contributed by atoms with E-state index in [2.05, 4.69) is 0 Å². The van der Waals surface area contributed by atoms with Gasteiger partial charge in [-0.3, -0.25) is 4.79 Å². The van der Waals surface area contributed by atoms with Crippen LogP contribution in [0.2, 0.25) is 0 Å². The van der Waals surface area contributed by atoms with Crippen LogP contribution in [0.25, 0.3) is 0 Å². The zero-order valence-electron chi connectivity index (χ0n) is 11.4. The molecule has 0 aliphatic rings. The molecule has 1 aromatic carbocycles. The highest BCUT2D eigenvalue weighted by Gasteiger charge is 2.22. The number of Topliss-reactive ketones (excluding diaryl/α,β-unsaturated/α-hetero) is 1. The first-order chi connectivity index (χ1) is 9.44. The molecular formula is C15H16O3S2. The lowest BCUT2D eigenvalue weighted by atomic mass is 10.2. The molecule has 0 amide bonds. The smallest absolute Gasteiger partial charge is 0.188 e. The highest BCUT2D eigenvalue weighted by atomic mass is 32.2. The topological polar surface area (TPSA) is 51.2 Å². The van der Waals surface area contributed by atoms with E-state index in [9.17, 15) is 13.2 Å². The van der Waals surface area contributed by atoms with Gasteiger partial charge in [-0.25, -0.2) is 8.42 Å². The molecule has 1 aromatic heterocycles. The maximum Gasteiger partial charge on any atom is 0.188 e. The van der Waals surface area contributed by atoms with Crippen molar-refractivity contribution >= 4 is 27.0 Å². The first-order valence-corrected chi connectivity index (χ1v) is 8.81. The molecular weight excluding hydrogens is 292 g/mol. The highest BCUT2D eigenvalue weighted by molar-refractivity contribution is 7.92. The summed E-state index contributed by atoms with van der Waals surface area (Å²) in [6, 6.07) is 10.3. The molecule has 0 radical (unpaired) electrons. The standard InChI is InChI=1S/C15H16O3S2/c1-3-12-8-9-14(19-12)13(16)10-20(17,18)15-7-5-4-6-11(15)2/h4-9H,3,10H2,1-2H3. The fourth-order valence-corrected chi connectivity index (χ4v) is 4.42. The predicted octanol–water partition coefficient (Wildman–Crippen LogP) is 3.28. The maximum absolute atomic E-state index is 12.3. The van der Waals surface area contributed by atoms with Crippen molar-refractivity contribution in [3.63, 3.8) is 0 Å². The Bertz CT molecular complexity index is 727. The number of ketones is 1. The van der Waals surface area contributed by atoms with Crippen molar-refractivity contribution in [1.82, 2.24) is 0 Å². The molecule has 2 aromatic rings. The van der Waals surface area contributed by atoms with E-state index in [1.165, 1.54) is 11.3 Å². The number of rotatable bonds is 5. The number of hydrogen-bond acceptors (Lipinski definition) is 4. The molecule has 3 nitrogen and oxygen atoms in total. The minimum Gasteiger partial charge on any atom is -0.292 e. The largest absolute Gasteiger partial charge is 0.292 e. The molecule has 20 heavy (non-hydrogen) atoms. The quantitative estimate of drug-likeness (QED) is 0.797. The minimum atomic E-state index is -3.58. The summed E-state index contributed by atoms with van der Waals surface area (Å²) < 4.78 is 24.6. The number of carbonyl (C=O) groups is 1. The van der Waals surface area contributed by atoms with E-state index in [0.29, 0.717) is 10.4 Å². The molecule has 0 aliphatic heterocycles. The van der Waals surface area contributed by atoms with E-state index in [-0.39, 0.29) is 10.7 Å². The molecule has 0 unspecified atom stereocenters. The molecule has 0 bridgehead atoms. The van der Waals surface area contributed by atoms with Crippen LogP contribution < -0.4 is 0 Å². The first kappa shape index (κ1) is 14.9. The average Bonchev–Trinajstić information content (AvgIpc) is 2.87. The zero-order chi connectivity index (χ0) is 14.8. The Labute approximate surface area is 123 Å². The summed E-state index contributed by atoms with van der Waals surface area (Å²) in [5, 5.41) is 0. The Kier molecular flexibility index (Phi) is 4.40. The monoisotopic (exact) mass is 308 g/mol. The number of sulfone groups is 1. The summed E-state index contributed by atoms with van der Waals surface area (Å²) in [6.45, 7) is 3.74. The molecule has 0 N–H and O–H groups in total. The third kappa shape index (κ3) is 3.16. The summed E-state index contributed by atoms with van der Waals surface area (Å²) in [4.78, 5) is 13.9. The Morgan fingerprint density at radius 2 is 1.85 bits per heavy atom. The lowest BCUT2D eigenvalue weighted by Crippen LogP contribution is -2.16. The average molecular weight is 308 g/mol. The second-order valence-corrected chi connectivity index (χ2v) is 7.69. The maximum atomic E-state index is 12.3. The summed E-state index contributed by atoms with van der Waals surface area (Å²) in [5.74, 6) is -0.806. The second-order valence-electron chi connectivity index (χ2n) is 4.57. The molecule has 0 saturated carbocycles. The van der Waals surface area contributed by atoms with Gasteiger partial charge in [0.2, 0.25) is 0 Å². The normalized spacial score (nSPS) is 11.5. The van der Waals surface area contributed by atoms with Gasteiger partial charge in [0.1, 0.15) is 5.75 Å². The summed E-state index contributed by atoms with van der Waals surface area (Å²) in [5.41, 5.74) is 0.667. The van der Waals surface area contributed by atoms with Crippen molar-refractivity contribution in [3.05, 3.63) is 51.7 Å². The number of aryl methyl sites for hydroxylation is 2. The van der Waals surface area contributed by atoms with Crippen LogP contribution in [0.15, 0.2) is 41.3 Å². The Morgan fingerprint density at radius 3 is 2.45 bits per heavy atom. The molecule has 0 atom stereocenters. The fourth-order valence-electron chi connectivity index (χ4n) is 1.94. The van der Waals surface area contributed by atoms with Crippen LogP contribution in [0.4, 0.5) is 0 Å². The van der Waals surface area contributed by atoms with Crippen LogP contribution in [0, 0.1) is 6.92 Å². The van der Waals surface area contributed by atoms with Crippen LogP contribution in [0.5, 0.6) is 0 Å². The Hall–Kier alpha value is -1.46. The van der Waals surface area contributed by atoms with Crippen LogP contribution >= 0.6 is 11.3 Å². The van der Waals surface area contributed by atoms with Gasteiger partial charge >= 0.3 is 0 Å². The number of hydrogen-bond donors (Lipinski definition) is 0. The third-order valence-corrected chi connectivity index (χ3v) is 6.08. The van der Waals surface area contributed by atoms with Gasteiger partial charge in [-0.2, -0.15) is 0 Å². The van der Waals surface area contributed by atoms with Gasteiger partial charge in [0, 0.05) is 4.88 Å². The summed E-state index contributed by atoms with van der Waals surface area (Å²) in [7, 11) is -3.58. The van der Waals surface area contributed by atoms with Crippen LogP contribution in [-0.2, 0) is 16.3 Å². The summed E-state index contributed by atoms with van der Waals surface area (Å²) >= 11 is 1.37. The Balaban J connectivity index is 2.25. The zero-order valence-corrected chi connectivity index (χ0v) is 13.1. The van der Waals surface area contributed by atoms with Gasteiger partial charge in [-0.1, -0.05) is 25.1 Å². The highest BCUT2D eigenvalue weighted by Crippen LogP contribution is 2.21. The molecule has 106 valence electrons. The van der Waals surface area contributed by atoms with E-state index < -0.39 is 15.6 Å². The van der Waals surface area contributed by atoms with Crippen molar-refractivity contribution in [1.29, 1.82) is 0 Å². The van der Waals surface area contributed by atoms with Crippen molar-refractivity contribution in [2.45, 2.75) is 25.2 Å². The van der Waals surface area contributed by atoms with E-state index in [0.717, 1.165) is 11.3 Å². The van der Waals surface area contributed by atoms with Crippen molar-refractivity contribution < 1.29 is 13.2 Å².